The fourth-order valence-corrected chi connectivity index (χ4v) is 3.19. The Morgan fingerprint density at radius 2 is 2.18 bits per heavy atom. The number of rotatable bonds is 5. The van der Waals surface area contributed by atoms with Gasteiger partial charge in [-0.05, 0) is 13.3 Å². The summed E-state index contributed by atoms with van der Waals surface area (Å²) in [6.45, 7) is 4.20. The van der Waals surface area contributed by atoms with E-state index >= 15 is 0 Å². The first-order valence-corrected chi connectivity index (χ1v) is 7.86. The van der Waals surface area contributed by atoms with Crippen molar-refractivity contribution in [1.29, 1.82) is 0 Å². The maximum Gasteiger partial charge on any atom is 0.222 e. The highest BCUT2D eigenvalue weighted by Crippen LogP contribution is 2.10. The zero-order valence-corrected chi connectivity index (χ0v) is 11.6. The van der Waals surface area contributed by atoms with Gasteiger partial charge in [0.2, 0.25) is 5.91 Å². The molecule has 1 rings (SSSR count). The molecule has 0 aromatic carbocycles. The van der Waals surface area contributed by atoms with Crippen molar-refractivity contribution in [3.8, 4) is 0 Å². The van der Waals surface area contributed by atoms with Crippen molar-refractivity contribution in [2.75, 3.05) is 25.1 Å². The fourth-order valence-electron chi connectivity index (χ4n) is 2.10. The molecule has 6 heteroatoms. The number of likely N-dealkylation sites (tertiary alicyclic amines) is 1. The van der Waals surface area contributed by atoms with Gasteiger partial charge in [0.25, 0.3) is 0 Å². The van der Waals surface area contributed by atoms with Gasteiger partial charge in [-0.3, -0.25) is 4.79 Å². The zero-order chi connectivity index (χ0) is 13.1. The van der Waals surface area contributed by atoms with Gasteiger partial charge in [-0.1, -0.05) is 6.92 Å². The SMILES string of the molecule is CCS(=O)(=O)CC(C)NC1CCC(=O)N(C)C1. The number of sulfone groups is 1. The van der Waals surface area contributed by atoms with Gasteiger partial charge in [0.05, 0.1) is 5.75 Å². The van der Waals surface area contributed by atoms with Crippen LogP contribution in [0.4, 0.5) is 0 Å². The number of hydrogen-bond donors (Lipinski definition) is 1. The van der Waals surface area contributed by atoms with E-state index in [-0.39, 0.29) is 29.5 Å². The Hall–Kier alpha value is -0.620. The highest BCUT2D eigenvalue weighted by atomic mass is 32.2. The first-order valence-electron chi connectivity index (χ1n) is 6.04. The summed E-state index contributed by atoms with van der Waals surface area (Å²) in [5.74, 6) is 0.511. The quantitative estimate of drug-likeness (QED) is 0.758. The normalized spacial score (nSPS) is 23.8. The van der Waals surface area contributed by atoms with E-state index in [4.69, 9.17) is 0 Å². The molecule has 1 heterocycles. The minimum Gasteiger partial charge on any atom is -0.344 e. The van der Waals surface area contributed by atoms with Gasteiger partial charge in [0.15, 0.2) is 9.84 Å². The second-order valence-corrected chi connectivity index (χ2v) is 7.17. The molecule has 0 aromatic heterocycles. The molecule has 17 heavy (non-hydrogen) atoms. The summed E-state index contributed by atoms with van der Waals surface area (Å²) < 4.78 is 22.9. The second kappa shape index (κ2) is 5.82. The maximum atomic E-state index is 11.5. The molecule has 0 aliphatic carbocycles. The third-order valence-electron chi connectivity index (χ3n) is 3.09. The summed E-state index contributed by atoms with van der Waals surface area (Å²) in [5.41, 5.74) is 0. The van der Waals surface area contributed by atoms with Crippen LogP contribution in [0.2, 0.25) is 0 Å². The summed E-state index contributed by atoms with van der Waals surface area (Å²) in [5, 5.41) is 3.29. The van der Waals surface area contributed by atoms with Gasteiger partial charge in [-0.25, -0.2) is 8.42 Å². The molecular weight excluding hydrogens is 240 g/mol. The lowest BCUT2D eigenvalue weighted by atomic mass is 10.1. The first-order chi connectivity index (χ1) is 7.84. The van der Waals surface area contributed by atoms with Crippen LogP contribution in [0, 0.1) is 0 Å². The van der Waals surface area contributed by atoms with E-state index in [2.05, 4.69) is 5.32 Å². The topological polar surface area (TPSA) is 66.5 Å². The highest BCUT2D eigenvalue weighted by molar-refractivity contribution is 7.91. The molecule has 1 saturated heterocycles. The average Bonchev–Trinajstić information content (AvgIpc) is 2.23. The van der Waals surface area contributed by atoms with Crippen LogP contribution in [-0.4, -0.2) is 56.4 Å². The molecule has 1 N–H and O–H groups in total. The third-order valence-corrected chi connectivity index (χ3v) is 4.98. The number of nitrogens with one attached hydrogen (secondary N) is 1. The van der Waals surface area contributed by atoms with Crippen LogP contribution in [-0.2, 0) is 14.6 Å². The molecule has 0 radical (unpaired) electrons. The van der Waals surface area contributed by atoms with E-state index in [9.17, 15) is 13.2 Å². The Balaban J connectivity index is 2.42. The minimum atomic E-state index is -2.94. The van der Waals surface area contributed by atoms with Crippen LogP contribution >= 0.6 is 0 Å². The van der Waals surface area contributed by atoms with Gasteiger partial charge in [0.1, 0.15) is 0 Å². The Kier molecular flexibility index (Phi) is 4.94. The molecule has 0 aromatic rings. The number of likely N-dealkylation sites (N-methyl/N-ethyl adjacent to an activating group) is 1. The number of carbonyl (C=O) groups is 1. The predicted octanol–water partition coefficient (Wildman–Crippen LogP) is 0.0200. The molecule has 2 atom stereocenters. The Morgan fingerprint density at radius 1 is 1.53 bits per heavy atom. The van der Waals surface area contributed by atoms with Gasteiger partial charge < -0.3 is 10.2 Å². The van der Waals surface area contributed by atoms with Crippen molar-refractivity contribution in [3.63, 3.8) is 0 Å². The molecule has 0 spiro atoms. The van der Waals surface area contributed by atoms with E-state index in [0.717, 1.165) is 6.42 Å². The Labute approximate surface area is 103 Å². The van der Waals surface area contributed by atoms with E-state index < -0.39 is 9.84 Å². The number of nitrogens with zero attached hydrogens (tertiary/aromatic N) is 1. The van der Waals surface area contributed by atoms with Crippen LogP contribution in [0.1, 0.15) is 26.7 Å². The lowest BCUT2D eigenvalue weighted by Crippen LogP contribution is -2.50. The van der Waals surface area contributed by atoms with Gasteiger partial charge in [0, 0.05) is 37.8 Å². The van der Waals surface area contributed by atoms with E-state index in [1.54, 1.807) is 18.9 Å². The standard InChI is InChI=1S/C11H22N2O3S/c1-4-17(15,16)8-9(2)12-10-5-6-11(14)13(3)7-10/h9-10,12H,4-8H2,1-3H3. The lowest BCUT2D eigenvalue weighted by Gasteiger charge is -2.32. The number of piperidine rings is 1. The molecule has 100 valence electrons. The van der Waals surface area contributed by atoms with Crippen molar-refractivity contribution in [1.82, 2.24) is 10.2 Å². The first kappa shape index (κ1) is 14.4. The maximum absolute atomic E-state index is 11.5. The average molecular weight is 262 g/mol. The van der Waals surface area contributed by atoms with E-state index in [1.165, 1.54) is 0 Å². The van der Waals surface area contributed by atoms with Crippen LogP contribution in [0.15, 0.2) is 0 Å². The number of carbonyl (C=O) groups excluding carboxylic acids is 1. The number of hydrogen-bond acceptors (Lipinski definition) is 4. The van der Waals surface area contributed by atoms with Crippen molar-refractivity contribution >= 4 is 15.7 Å². The summed E-state index contributed by atoms with van der Waals surface area (Å²) in [7, 11) is -1.16. The summed E-state index contributed by atoms with van der Waals surface area (Å²) in [6.07, 6.45) is 1.33. The van der Waals surface area contributed by atoms with Crippen LogP contribution in [0.3, 0.4) is 0 Å². The summed E-state index contributed by atoms with van der Waals surface area (Å²) in [6, 6.07) is 0.145. The van der Waals surface area contributed by atoms with Gasteiger partial charge in [-0.2, -0.15) is 0 Å². The predicted molar refractivity (Wildman–Crippen MR) is 67.6 cm³/mol. The highest BCUT2D eigenvalue weighted by Gasteiger charge is 2.24. The van der Waals surface area contributed by atoms with Crippen LogP contribution in [0.25, 0.3) is 0 Å². The smallest absolute Gasteiger partial charge is 0.222 e. The monoisotopic (exact) mass is 262 g/mol. The van der Waals surface area contributed by atoms with Crippen molar-refractivity contribution in [2.45, 2.75) is 38.8 Å². The Bertz CT molecular complexity index is 367. The molecule has 0 saturated carbocycles. The Morgan fingerprint density at radius 3 is 2.71 bits per heavy atom. The summed E-state index contributed by atoms with van der Waals surface area (Å²) >= 11 is 0. The third kappa shape index (κ3) is 4.63. The minimum absolute atomic E-state index is 0.0634. The van der Waals surface area contributed by atoms with Crippen molar-refractivity contribution in [2.24, 2.45) is 0 Å². The fraction of sp³-hybridized carbons (Fsp3) is 0.909. The molecule has 1 aliphatic heterocycles. The van der Waals surface area contributed by atoms with Crippen molar-refractivity contribution < 1.29 is 13.2 Å². The molecule has 5 nitrogen and oxygen atoms in total. The summed E-state index contributed by atoms with van der Waals surface area (Å²) in [4.78, 5) is 13.0. The lowest BCUT2D eigenvalue weighted by molar-refractivity contribution is -0.132. The van der Waals surface area contributed by atoms with Crippen LogP contribution in [0.5, 0.6) is 0 Å². The zero-order valence-electron chi connectivity index (χ0n) is 10.8. The molecule has 1 fully saturated rings. The molecule has 1 amide bonds. The molecule has 0 bridgehead atoms. The van der Waals surface area contributed by atoms with Gasteiger partial charge in [-0.15, -0.1) is 0 Å². The largest absolute Gasteiger partial charge is 0.344 e. The molecule has 1 aliphatic rings. The van der Waals surface area contributed by atoms with E-state index in [0.29, 0.717) is 13.0 Å². The van der Waals surface area contributed by atoms with Crippen LogP contribution < -0.4 is 5.32 Å². The van der Waals surface area contributed by atoms with Crippen molar-refractivity contribution in [3.05, 3.63) is 0 Å². The van der Waals surface area contributed by atoms with Gasteiger partial charge >= 0.3 is 0 Å². The molecular formula is C11H22N2O3S. The van der Waals surface area contributed by atoms with E-state index in [1.807, 2.05) is 6.92 Å². The number of amides is 1. The molecule has 2 unspecified atom stereocenters. The second-order valence-electron chi connectivity index (χ2n) is 4.78.